The number of anilines is 2. The minimum Gasteiger partial charge on any atom is -0.397 e. The number of rotatable bonds is 4. The van der Waals surface area contributed by atoms with E-state index in [-0.39, 0.29) is 0 Å². The molecule has 0 atom stereocenters. The van der Waals surface area contributed by atoms with Gasteiger partial charge in [-0.15, -0.1) is 0 Å². The van der Waals surface area contributed by atoms with Crippen LogP contribution in [0.15, 0.2) is 36.4 Å². The molecule has 0 heterocycles. The maximum atomic E-state index is 8.81. The van der Waals surface area contributed by atoms with Crippen LogP contribution in [0.2, 0.25) is 0 Å². The van der Waals surface area contributed by atoms with Crippen LogP contribution in [0.3, 0.4) is 0 Å². The molecule has 0 aliphatic carbocycles. The second-order valence-corrected chi connectivity index (χ2v) is 5.02. The number of benzene rings is 2. The molecule has 2 aromatic rings. The second kappa shape index (κ2) is 6.12. The standard InChI is InChI=1S/C17H19N3/c1-12-3-4-13(2)15(9-12)7-8-20-17-6-5-14(11-18)10-16(17)19/h3-6,9-10,20H,7-8,19H2,1-2H3. The van der Waals surface area contributed by atoms with Gasteiger partial charge < -0.3 is 11.1 Å². The Morgan fingerprint density at radius 2 is 1.95 bits per heavy atom. The van der Waals surface area contributed by atoms with E-state index in [9.17, 15) is 0 Å². The van der Waals surface area contributed by atoms with Crippen molar-refractivity contribution in [2.24, 2.45) is 0 Å². The lowest BCUT2D eigenvalue weighted by molar-refractivity contribution is 1.00. The van der Waals surface area contributed by atoms with Gasteiger partial charge in [0.1, 0.15) is 0 Å². The molecule has 0 bridgehead atoms. The predicted molar refractivity (Wildman–Crippen MR) is 83.7 cm³/mol. The van der Waals surface area contributed by atoms with Gasteiger partial charge in [-0.05, 0) is 49.6 Å². The SMILES string of the molecule is Cc1ccc(C)c(CCNc2ccc(C#N)cc2N)c1. The van der Waals surface area contributed by atoms with Crippen LogP contribution in [0.25, 0.3) is 0 Å². The molecule has 102 valence electrons. The van der Waals surface area contributed by atoms with Gasteiger partial charge in [-0.3, -0.25) is 0 Å². The Hall–Kier alpha value is -2.47. The van der Waals surface area contributed by atoms with Gasteiger partial charge in [0.25, 0.3) is 0 Å². The van der Waals surface area contributed by atoms with E-state index < -0.39 is 0 Å². The van der Waals surface area contributed by atoms with Gasteiger partial charge >= 0.3 is 0 Å². The number of nitrogens with zero attached hydrogens (tertiary/aromatic N) is 1. The average molecular weight is 265 g/mol. The Labute approximate surface area is 120 Å². The highest BCUT2D eigenvalue weighted by atomic mass is 14.9. The van der Waals surface area contributed by atoms with Crippen LogP contribution in [-0.4, -0.2) is 6.54 Å². The molecule has 0 aliphatic rings. The van der Waals surface area contributed by atoms with Gasteiger partial charge in [-0.2, -0.15) is 5.26 Å². The van der Waals surface area contributed by atoms with Crippen LogP contribution < -0.4 is 11.1 Å². The zero-order valence-electron chi connectivity index (χ0n) is 11.9. The van der Waals surface area contributed by atoms with Crippen molar-refractivity contribution in [3.8, 4) is 6.07 Å². The van der Waals surface area contributed by atoms with E-state index in [1.54, 1.807) is 12.1 Å². The summed E-state index contributed by atoms with van der Waals surface area (Å²) >= 11 is 0. The number of aryl methyl sites for hydroxylation is 2. The van der Waals surface area contributed by atoms with Crippen molar-refractivity contribution in [3.05, 3.63) is 58.7 Å². The Balaban J connectivity index is 2.00. The van der Waals surface area contributed by atoms with Crippen molar-refractivity contribution < 1.29 is 0 Å². The largest absolute Gasteiger partial charge is 0.397 e. The van der Waals surface area contributed by atoms with Crippen molar-refractivity contribution in [2.45, 2.75) is 20.3 Å². The van der Waals surface area contributed by atoms with Gasteiger partial charge in [0.2, 0.25) is 0 Å². The Morgan fingerprint density at radius 3 is 2.65 bits per heavy atom. The van der Waals surface area contributed by atoms with Crippen molar-refractivity contribution in [3.63, 3.8) is 0 Å². The first-order chi connectivity index (χ1) is 9.60. The number of nitrogens with two attached hydrogens (primary N) is 1. The summed E-state index contributed by atoms with van der Waals surface area (Å²) in [4.78, 5) is 0. The molecule has 0 unspecified atom stereocenters. The average Bonchev–Trinajstić information content (AvgIpc) is 2.44. The molecule has 0 radical (unpaired) electrons. The van der Waals surface area contributed by atoms with Gasteiger partial charge in [-0.1, -0.05) is 23.8 Å². The molecule has 0 fully saturated rings. The summed E-state index contributed by atoms with van der Waals surface area (Å²) < 4.78 is 0. The van der Waals surface area contributed by atoms with E-state index >= 15 is 0 Å². The highest BCUT2D eigenvalue weighted by molar-refractivity contribution is 5.68. The van der Waals surface area contributed by atoms with Crippen LogP contribution in [-0.2, 0) is 6.42 Å². The molecule has 3 nitrogen and oxygen atoms in total. The highest BCUT2D eigenvalue weighted by Crippen LogP contribution is 2.19. The quantitative estimate of drug-likeness (QED) is 0.833. The Morgan fingerprint density at radius 1 is 1.15 bits per heavy atom. The summed E-state index contributed by atoms with van der Waals surface area (Å²) in [5, 5.41) is 12.1. The van der Waals surface area contributed by atoms with Gasteiger partial charge in [0.05, 0.1) is 23.0 Å². The Bertz CT molecular complexity index is 654. The van der Waals surface area contributed by atoms with Gasteiger partial charge in [0, 0.05) is 6.54 Å². The fraction of sp³-hybridized carbons (Fsp3) is 0.235. The summed E-state index contributed by atoms with van der Waals surface area (Å²) in [6.07, 6.45) is 0.951. The number of hydrogen-bond donors (Lipinski definition) is 2. The van der Waals surface area contributed by atoms with E-state index in [1.165, 1.54) is 16.7 Å². The summed E-state index contributed by atoms with van der Waals surface area (Å²) in [5.41, 5.74) is 11.9. The van der Waals surface area contributed by atoms with E-state index in [0.717, 1.165) is 18.7 Å². The van der Waals surface area contributed by atoms with Gasteiger partial charge in [-0.25, -0.2) is 0 Å². The predicted octanol–water partition coefficient (Wildman–Crippen LogP) is 3.41. The summed E-state index contributed by atoms with van der Waals surface area (Å²) in [6, 6.07) is 13.9. The summed E-state index contributed by atoms with van der Waals surface area (Å²) in [7, 11) is 0. The third kappa shape index (κ3) is 3.30. The molecule has 20 heavy (non-hydrogen) atoms. The first-order valence-corrected chi connectivity index (χ1v) is 6.70. The van der Waals surface area contributed by atoms with E-state index in [1.807, 2.05) is 6.07 Å². The summed E-state index contributed by atoms with van der Waals surface area (Å²) in [5.74, 6) is 0. The lowest BCUT2D eigenvalue weighted by Gasteiger charge is -2.11. The summed E-state index contributed by atoms with van der Waals surface area (Å²) in [6.45, 7) is 5.06. The minimum absolute atomic E-state index is 0.586. The van der Waals surface area contributed by atoms with Gasteiger partial charge in [0.15, 0.2) is 0 Å². The van der Waals surface area contributed by atoms with Crippen molar-refractivity contribution in [1.29, 1.82) is 5.26 Å². The van der Waals surface area contributed by atoms with Crippen molar-refractivity contribution in [1.82, 2.24) is 0 Å². The molecule has 2 rings (SSSR count). The van der Waals surface area contributed by atoms with E-state index in [4.69, 9.17) is 11.0 Å². The molecule has 0 amide bonds. The molecule has 3 heteroatoms. The van der Waals surface area contributed by atoms with Crippen molar-refractivity contribution in [2.75, 3.05) is 17.6 Å². The number of nitrogen functional groups attached to an aromatic ring is 1. The molecule has 2 aromatic carbocycles. The molecule has 0 saturated carbocycles. The smallest absolute Gasteiger partial charge is 0.0992 e. The van der Waals surface area contributed by atoms with E-state index in [0.29, 0.717) is 11.3 Å². The van der Waals surface area contributed by atoms with Crippen molar-refractivity contribution >= 4 is 11.4 Å². The first-order valence-electron chi connectivity index (χ1n) is 6.70. The number of nitriles is 1. The monoisotopic (exact) mass is 265 g/mol. The molecular weight excluding hydrogens is 246 g/mol. The molecule has 0 aliphatic heterocycles. The fourth-order valence-electron chi connectivity index (χ4n) is 2.19. The van der Waals surface area contributed by atoms with Crippen LogP contribution in [0.1, 0.15) is 22.3 Å². The molecule has 0 aromatic heterocycles. The fourth-order valence-corrected chi connectivity index (χ4v) is 2.19. The highest BCUT2D eigenvalue weighted by Gasteiger charge is 2.02. The minimum atomic E-state index is 0.586. The molecule has 0 saturated heterocycles. The molecule has 3 N–H and O–H groups in total. The van der Waals surface area contributed by atoms with Crippen LogP contribution in [0, 0.1) is 25.2 Å². The molecule has 0 spiro atoms. The molecular formula is C17H19N3. The van der Waals surface area contributed by atoms with Crippen LogP contribution in [0.4, 0.5) is 11.4 Å². The third-order valence-electron chi connectivity index (χ3n) is 3.40. The number of nitrogens with one attached hydrogen (secondary N) is 1. The number of hydrogen-bond acceptors (Lipinski definition) is 3. The first kappa shape index (κ1) is 14.0. The van der Waals surface area contributed by atoms with E-state index in [2.05, 4.69) is 43.4 Å². The second-order valence-electron chi connectivity index (χ2n) is 5.02. The van der Waals surface area contributed by atoms with Crippen LogP contribution in [0.5, 0.6) is 0 Å². The van der Waals surface area contributed by atoms with Crippen LogP contribution >= 0.6 is 0 Å². The Kier molecular flexibility index (Phi) is 4.27. The maximum absolute atomic E-state index is 8.81. The topological polar surface area (TPSA) is 61.8 Å². The normalized spacial score (nSPS) is 10.1. The zero-order valence-corrected chi connectivity index (χ0v) is 11.9. The third-order valence-corrected chi connectivity index (χ3v) is 3.40. The lowest BCUT2D eigenvalue weighted by atomic mass is 10.0. The lowest BCUT2D eigenvalue weighted by Crippen LogP contribution is -2.08. The zero-order chi connectivity index (χ0) is 14.5. The maximum Gasteiger partial charge on any atom is 0.0992 e.